The topological polar surface area (TPSA) is 35.5 Å². The van der Waals surface area contributed by atoms with Crippen molar-refractivity contribution in [2.45, 2.75) is 66.0 Å². The van der Waals surface area contributed by atoms with Crippen LogP contribution in [0.4, 0.5) is 0 Å². The second-order valence-corrected chi connectivity index (χ2v) is 6.23. The molecule has 0 aromatic rings. The summed E-state index contributed by atoms with van der Waals surface area (Å²) in [7, 11) is 2.05. The molecule has 0 saturated carbocycles. The fourth-order valence-corrected chi connectivity index (χ4v) is 2.72. The molecule has 0 aliphatic rings. The van der Waals surface area contributed by atoms with Crippen LogP contribution in [0.1, 0.15) is 53.9 Å². The zero-order valence-electron chi connectivity index (χ0n) is 13.3. The van der Waals surface area contributed by atoms with Crippen LogP contribution in [0.2, 0.25) is 0 Å². The van der Waals surface area contributed by atoms with Crippen LogP contribution < -0.4 is 5.32 Å². The van der Waals surface area contributed by atoms with E-state index in [2.05, 4.69) is 44.8 Å². The molecule has 3 nitrogen and oxygen atoms in total. The number of aliphatic hydroxyl groups excluding tert-OH is 1. The summed E-state index contributed by atoms with van der Waals surface area (Å²) in [5.41, 5.74) is 0.285. The maximum absolute atomic E-state index is 9.20. The number of nitrogens with one attached hydrogen (secondary N) is 1. The molecule has 1 atom stereocenters. The van der Waals surface area contributed by atoms with Crippen molar-refractivity contribution >= 4 is 0 Å². The average molecular weight is 258 g/mol. The normalized spacial score (nSPS) is 14.5. The van der Waals surface area contributed by atoms with E-state index in [0.29, 0.717) is 12.1 Å². The second-order valence-electron chi connectivity index (χ2n) is 6.23. The van der Waals surface area contributed by atoms with Gasteiger partial charge in [-0.25, -0.2) is 0 Å². The van der Waals surface area contributed by atoms with Crippen LogP contribution in [0.5, 0.6) is 0 Å². The van der Waals surface area contributed by atoms with Crippen LogP contribution in [-0.4, -0.2) is 48.8 Å². The lowest BCUT2D eigenvalue weighted by atomic mass is 9.84. The van der Waals surface area contributed by atoms with Gasteiger partial charge in [-0.05, 0) is 31.7 Å². The first-order valence-corrected chi connectivity index (χ1v) is 7.42. The Labute approximate surface area is 114 Å². The lowest BCUT2D eigenvalue weighted by Crippen LogP contribution is -2.44. The van der Waals surface area contributed by atoms with Gasteiger partial charge in [0.15, 0.2) is 0 Å². The fourth-order valence-electron chi connectivity index (χ4n) is 2.72. The predicted octanol–water partition coefficient (Wildman–Crippen LogP) is 2.49. The first kappa shape index (κ1) is 17.9. The van der Waals surface area contributed by atoms with Gasteiger partial charge >= 0.3 is 0 Å². The van der Waals surface area contributed by atoms with E-state index in [1.807, 2.05) is 7.05 Å². The van der Waals surface area contributed by atoms with E-state index in [-0.39, 0.29) is 12.0 Å². The molecule has 0 amide bonds. The van der Waals surface area contributed by atoms with E-state index in [1.54, 1.807) is 0 Å². The summed E-state index contributed by atoms with van der Waals surface area (Å²) in [5.74, 6) is 0. The molecule has 18 heavy (non-hydrogen) atoms. The van der Waals surface area contributed by atoms with Crippen molar-refractivity contribution in [3.8, 4) is 0 Å². The van der Waals surface area contributed by atoms with Crippen molar-refractivity contribution in [3.05, 3.63) is 0 Å². The molecule has 0 spiro atoms. The Morgan fingerprint density at radius 1 is 1.11 bits per heavy atom. The van der Waals surface area contributed by atoms with Crippen molar-refractivity contribution in [1.29, 1.82) is 0 Å². The highest BCUT2D eigenvalue weighted by Crippen LogP contribution is 2.22. The van der Waals surface area contributed by atoms with E-state index in [9.17, 15) is 5.11 Å². The van der Waals surface area contributed by atoms with Crippen molar-refractivity contribution < 1.29 is 5.11 Å². The molecule has 0 bridgehead atoms. The van der Waals surface area contributed by atoms with Gasteiger partial charge in [0, 0.05) is 25.2 Å². The van der Waals surface area contributed by atoms with Gasteiger partial charge in [-0.1, -0.05) is 34.6 Å². The summed E-state index contributed by atoms with van der Waals surface area (Å²) in [4.78, 5) is 2.44. The molecule has 0 rings (SSSR count). The molecule has 110 valence electrons. The molecule has 2 N–H and O–H groups in total. The number of hydrogen-bond acceptors (Lipinski definition) is 3. The van der Waals surface area contributed by atoms with Crippen molar-refractivity contribution in [3.63, 3.8) is 0 Å². The van der Waals surface area contributed by atoms with E-state index in [1.165, 1.54) is 0 Å². The molecule has 1 unspecified atom stereocenters. The van der Waals surface area contributed by atoms with E-state index in [0.717, 1.165) is 32.4 Å². The predicted molar refractivity (Wildman–Crippen MR) is 79.9 cm³/mol. The zero-order chi connectivity index (χ0) is 14.2. The van der Waals surface area contributed by atoms with Crippen molar-refractivity contribution in [2.24, 2.45) is 5.41 Å². The Morgan fingerprint density at radius 3 is 2.00 bits per heavy atom. The molecular formula is C15H34N2O. The molecule has 0 saturated heterocycles. The van der Waals surface area contributed by atoms with Crippen molar-refractivity contribution in [1.82, 2.24) is 10.2 Å². The summed E-state index contributed by atoms with van der Waals surface area (Å²) < 4.78 is 0. The van der Waals surface area contributed by atoms with Gasteiger partial charge in [0.1, 0.15) is 0 Å². The molecule has 3 heteroatoms. The highest BCUT2D eigenvalue weighted by atomic mass is 16.3. The third-order valence-electron chi connectivity index (χ3n) is 3.94. The highest BCUT2D eigenvalue weighted by molar-refractivity contribution is 4.81. The van der Waals surface area contributed by atoms with Gasteiger partial charge in [0.05, 0.1) is 6.61 Å². The second kappa shape index (κ2) is 8.89. The third-order valence-corrected chi connectivity index (χ3v) is 3.94. The Bertz CT molecular complexity index is 197. The number of nitrogens with zero attached hydrogens (tertiary/aromatic N) is 1. The minimum atomic E-state index is 0.260. The Morgan fingerprint density at radius 2 is 1.67 bits per heavy atom. The van der Waals surface area contributed by atoms with E-state index < -0.39 is 0 Å². The van der Waals surface area contributed by atoms with Crippen LogP contribution in [0.15, 0.2) is 0 Å². The molecule has 0 radical (unpaired) electrons. The number of rotatable bonds is 9. The lowest BCUT2D eigenvalue weighted by Gasteiger charge is -2.35. The zero-order valence-corrected chi connectivity index (χ0v) is 13.3. The minimum absolute atomic E-state index is 0.260. The van der Waals surface area contributed by atoms with E-state index in [4.69, 9.17) is 0 Å². The van der Waals surface area contributed by atoms with Gasteiger partial charge in [0.25, 0.3) is 0 Å². The van der Waals surface area contributed by atoms with Crippen molar-refractivity contribution in [2.75, 3.05) is 26.7 Å². The molecule has 0 aliphatic heterocycles. The largest absolute Gasteiger partial charge is 0.395 e. The van der Waals surface area contributed by atoms with Gasteiger partial charge in [-0.3, -0.25) is 4.90 Å². The quantitative estimate of drug-likeness (QED) is 0.667. The van der Waals surface area contributed by atoms with Gasteiger partial charge in [-0.2, -0.15) is 0 Å². The maximum atomic E-state index is 9.20. The summed E-state index contributed by atoms with van der Waals surface area (Å²) >= 11 is 0. The van der Waals surface area contributed by atoms with Gasteiger partial charge in [0.2, 0.25) is 0 Å². The van der Waals surface area contributed by atoms with Crippen LogP contribution in [-0.2, 0) is 0 Å². The molecule has 0 heterocycles. The minimum Gasteiger partial charge on any atom is -0.395 e. The number of aliphatic hydroxyl groups is 1. The lowest BCUT2D eigenvalue weighted by molar-refractivity contribution is 0.128. The Hall–Kier alpha value is -0.120. The molecular weight excluding hydrogens is 224 g/mol. The Kier molecular flexibility index (Phi) is 8.83. The fraction of sp³-hybridized carbons (Fsp3) is 1.00. The standard InChI is InChI=1S/C15H34N2O/c1-7-13(8-2)17(11-12-18)10-9-14(16-6)15(3,4)5/h13-14,16,18H,7-12H2,1-6H3. The van der Waals surface area contributed by atoms with Gasteiger partial charge < -0.3 is 10.4 Å². The summed E-state index contributed by atoms with van der Waals surface area (Å²) in [5, 5.41) is 12.6. The molecule has 0 aliphatic carbocycles. The summed E-state index contributed by atoms with van der Waals surface area (Å²) in [6.07, 6.45) is 3.46. The maximum Gasteiger partial charge on any atom is 0.0558 e. The summed E-state index contributed by atoms with van der Waals surface area (Å²) in [6, 6.07) is 1.13. The first-order chi connectivity index (χ1) is 8.40. The SMILES string of the molecule is CCC(CC)N(CCO)CCC(NC)C(C)(C)C. The van der Waals surface area contributed by atoms with Crippen LogP contribution in [0.25, 0.3) is 0 Å². The highest BCUT2D eigenvalue weighted by Gasteiger charge is 2.24. The molecule has 0 fully saturated rings. The third kappa shape index (κ3) is 6.17. The summed E-state index contributed by atoms with van der Waals surface area (Å²) in [6.45, 7) is 13.4. The average Bonchev–Trinajstić information content (AvgIpc) is 2.29. The first-order valence-electron chi connectivity index (χ1n) is 7.42. The van der Waals surface area contributed by atoms with E-state index >= 15 is 0 Å². The van der Waals surface area contributed by atoms with Crippen LogP contribution in [0.3, 0.4) is 0 Å². The molecule has 0 aromatic carbocycles. The van der Waals surface area contributed by atoms with Crippen LogP contribution >= 0.6 is 0 Å². The van der Waals surface area contributed by atoms with Gasteiger partial charge in [-0.15, -0.1) is 0 Å². The Balaban J connectivity index is 4.41. The number of hydrogen-bond donors (Lipinski definition) is 2. The molecule has 0 aromatic heterocycles. The monoisotopic (exact) mass is 258 g/mol. The smallest absolute Gasteiger partial charge is 0.0558 e. The van der Waals surface area contributed by atoms with Crippen LogP contribution in [0, 0.1) is 5.41 Å².